The Labute approximate surface area is 137 Å². The number of nitrogens with zero attached hydrogens (tertiary/aromatic N) is 6. The van der Waals surface area contributed by atoms with Crippen LogP contribution in [0.25, 0.3) is 0 Å². The van der Waals surface area contributed by atoms with Gasteiger partial charge in [0.15, 0.2) is 5.82 Å². The lowest BCUT2D eigenvalue weighted by Crippen LogP contribution is -2.39. The third kappa shape index (κ3) is 3.27. The fraction of sp³-hybridized carbons (Fsp3) is 0.647. The van der Waals surface area contributed by atoms with Gasteiger partial charge < -0.3 is 0 Å². The van der Waals surface area contributed by atoms with Crippen molar-refractivity contribution in [1.82, 2.24) is 30.1 Å². The molecule has 1 saturated heterocycles. The molecule has 23 heavy (non-hydrogen) atoms. The maximum atomic E-state index is 4.61. The van der Waals surface area contributed by atoms with Gasteiger partial charge in [0, 0.05) is 6.20 Å². The van der Waals surface area contributed by atoms with Crippen LogP contribution < -0.4 is 0 Å². The Morgan fingerprint density at radius 2 is 1.96 bits per heavy atom. The second-order valence-electron chi connectivity index (χ2n) is 6.87. The van der Waals surface area contributed by atoms with Crippen molar-refractivity contribution >= 4 is 0 Å². The van der Waals surface area contributed by atoms with E-state index in [-0.39, 0.29) is 11.6 Å². The molecule has 1 atom stereocenters. The summed E-state index contributed by atoms with van der Waals surface area (Å²) >= 11 is 0. The van der Waals surface area contributed by atoms with Crippen molar-refractivity contribution in [3.63, 3.8) is 0 Å². The van der Waals surface area contributed by atoms with E-state index in [1.165, 1.54) is 19.3 Å². The average Bonchev–Trinajstić information content (AvgIpc) is 3.07. The Hall–Kier alpha value is -1.82. The monoisotopic (exact) mass is 314 g/mol. The molecule has 0 aliphatic carbocycles. The maximum absolute atomic E-state index is 4.61. The minimum absolute atomic E-state index is 0.0253. The van der Waals surface area contributed by atoms with E-state index < -0.39 is 0 Å². The normalized spacial score (nSPS) is 18.0. The SMILES string of the molecule is CCC(C)(C)n1nnnc1[C@@H](c1ccccn1)N1CCCCC1. The van der Waals surface area contributed by atoms with Crippen LogP contribution in [0.4, 0.5) is 0 Å². The van der Waals surface area contributed by atoms with Crippen molar-refractivity contribution in [2.24, 2.45) is 0 Å². The summed E-state index contributed by atoms with van der Waals surface area (Å²) in [6, 6.07) is 6.10. The van der Waals surface area contributed by atoms with Gasteiger partial charge in [-0.3, -0.25) is 9.88 Å². The highest BCUT2D eigenvalue weighted by molar-refractivity contribution is 5.18. The van der Waals surface area contributed by atoms with Crippen LogP contribution in [-0.4, -0.2) is 43.2 Å². The molecule has 0 unspecified atom stereocenters. The van der Waals surface area contributed by atoms with Gasteiger partial charge >= 0.3 is 0 Å². The van der Waals surface area contributed by atoms with Crippen LogP contribution in [0.15, 0.2) is 24.4 Å². The zero-order valence-corrected chi connectivity index (χ0v) is 14.3. The molecule has 6 nitrogen and oxygen atoms in total. The standard InChI is InChI=1S/C17H26N6/c1-4-17(2,3)23-16(19-20-21-23)15(14-10-6-7-11-18-14)22-12-8-5-9-13-22/h6-7,10-11,15H,4-5,8-9,12-13H2,1-3H3/t15-/m1/s1. The van der Waals surface area contributed by atoms with E-state index in [1.807, 2.05) is 23.0 Å². The lowest BCUT2D eigenvalue weighted by atomic mass is 10.00. The second-order valence-corrected chi connectivity index (χ2v) is 6.87. The van der Waals surface area contributed by atoms with Crippen molar-refractivity contribution in [3.05, 3.63) is 35.9 Å². The number of hydrogen-bond acceptors (Lipinski definition) is 5. The fourth-order valence-electron chi connectivity index (χ4n) is 3.14. The van der Waals surface area contributed by atoms with Crippen LogP contribution >= 0.6 is 0 Å². The number of piperidine rings is 1. The van der Waals surface area contributed by atoms with Gasteiger partial charge in [0.2, 0.25) is 0 Å². The van der Waals surface area contributed by atoms with Crippen LogP contribution in [0.3, 0.4) is 0 Å². The van der Waals surface area contributed by atoms with Crippen molar-refractivity contribution in [1.29, 1.82) is 0 Å². The summed E-state index contributed by atoms with van der Waals surface area (Å²) < 4.78 is 1.99. The Balaban J connectivity index is 2.04. The largest absolute Gasteiger partial charge is 0.288 e. The first-order valence-electron chi connectivity index (χ1n) is 8.57. The summed E-state index contributed by atoms with van der Waals surface area (Å²) in [5, 5.41) is 12.7. The second kappa shape index (κ2) is 6.74. The van der Waals surface area contributed by atoms with Crippen LogP contribution in [0.1, 0.15) is 64.0 Å². The molecule has 0 bridgehead atoms. The summed E-state index contributed by atoms with van der Waals surface area (Å²) in [6.07, 6.45) is 6.58. The summed E-state index contributed by atoms with van der Waals surface area (Å²) in [7, 11) is 0. The first-order valence-corrected chi connectivity index (χ1v) is 8.57. The molecule has 2 aromatic rings. The summed E-state index contributed by atoms with van der Waals surface area (Å²) in [6.45, 7) is 8.67. The zero-order valence-electron chi connectivity index (χ0n) is 14.3. The van der Waals surface area contributed by atoms with Gasteiger partial charge in [0.25, 0.3) is 0 Å². The lowest BCUT2D eigenvalue weighted by Gasteiger charge is -2.35. The van der Waals surface area contributed by atoms with Crippen LogP contribution in [0, 0.1) is 0 Å². The van der Waals surface area contributed by atoms with E-state index in [1.54, 1.807) is 0 Å². The van der Waals surface area contributed by atoms with Gasteiger partial charge in [-0.25, -0.2) is 4.68 Å². The van der Waals surface area contributed by atoms with E-state index in [2.05, 4.69) is 52.2 Å². The minimum atomic E-state index is -0.109. The zero-order chi connectivity index (χ0) is 16.3. The molecule has 0 spiro atoms. The first-order chi connectivity index (χ1) is 11.1. The lowest BCUT2D eigenvalue weighted by molar-refractivity contribution is 0.165. The topological polar surface area (TPSA) is 59.7 Å². The quantitative estimate of drug-likeness (QED) is 0.849. The highest BCUT2D eigenvalue weighted by Gasteiger charge is 2.33. The summed E-state index contributed by atoms with van der Waals surface area (Å²) in [4.78, 5) is 7.08. The molecule has 2 aromatic heterocycles. The molecule has 6 heteroatoms. The molecule has 1 fully saturated rings. The smallest absolute Gasteiger partial charge is 0.175 e. The molecule has 0 N–H and O–H groups in total. The van der Waals surface area contributed by atoms with E-state index >= 15 is 0 Å². The van der Waals surface area contributed by atoms with Gasteiger partial charge in [-0.15, -0.1) is 5.10 Å². The van der Waals surface area contributed by atoms with Crippen molar-refractivity contribution in [2.75, 3.05) is 13.1 Å². The third-order valence-electron chi connectivity index (χ3n) is 4.90. The van der Waals surface area contributed by atoms with Gasteiger partial charge in [0.05, 0.1) is 11.2 Å². The number of hydrogen-bond donors (Lipinski definition) is 0. The third-order valence-corrected chi connectivity index (χ3v) is 4.90. The average molecular weight is 314 g/mol. The van der Waals surface area contributed by atoms with Crippen molar-refractivity contribution in [2.45, 2.75) is 58.0 Å². The fourth-order valence-corrected chi connectivity index (χ4v) is 3.14. The van der Waals surface area contributed by atoms with Gasteiger partial charge in [-0.2, -0.15) is 0 Å². The number of likely N-dealkylation sites (tertiary alicyclic amines) is 1. The molecule has 0 radical (unpaired) electrons. The minimum Gasteiger partial charge on any atom is -0.288 e. The summed E-state index contributed by atoms with van der Waals surface area (Å²) in [5.41, 5.74) is 0.916. The predicted molar refractivity (Wildman–Crippen MR) is 88.9 cm³/mol. The first kappa shape index (κ1) is 16.1. The molecule has 3 rings (SSSR count). The van der Waals surface area contributed by atoms with Crippen molar-refractivity contribution in [3.8, 4) is 0 Å². The number of pyridine rings is 1. The molecule has 1 aliphatic rings. The highest BCUT2D eigenvalue weighted by atomic mass is 15.6. The van der Waals surface area contributed by atoms with Crippen LogP contribution in [0.2, 0.25) is 0 Å². The molecule has 0 saturated carbocycles. The Bertz CT molecular complexity index is 615. The number of aromatic nitrogens is 5. The molecule has 1 aliphatic heterocycles. The molecule has 124 valence electrons. The maximum Gasteiger partial charge on any atom is 0.175 e. The Morgan fingerprint density at radius 1 is 1.17 bits per heavy atom. The Kier molecular flexibility index (Phi) is 4.71. The molecular formula is C17H26N6. The van der Waals surface area contributed by atoms with E-state index in [9.17, 15) is 0 Å². The van der Waals surface area contributed by atoms with E-state index in [0.29, 0.717) is 0 Å². The van der Waals surface area contributed by atoms with Crippen molar-refractivity contribution < 1.29 is 0 Å². The van der Waals surface area contributed by atoms with Gasteiger partial charge in [0.1, 0.15) is 6.04 Å². The van der Waals surface area contributed by atoms with Gasteiger partial charge in [-0.05, 0) is 68.8 Å². The molecule has 0 amide bonds. The molecular weight excluding hydrogens is 288 g/mol. The van der Waals surface area contributed by atoms with Crippen LogP contribution in [0.5, 0.6) is 0 Å². The van der Waals surface area contributed by atoms with E-state index in [4.69, 9.17) is 0 Å². The predicted octanol–water partition coefficient (Wildman–Crippen LogP) is 2.79. The highest BCUT2D eigenvalue weighted by Crippen LogP contribution is 2.31. The summed E-state index contributed by atoms with van der Waals surface area (Å²) in [5.74, 6) is 0.900. The number of rotatable bonds is 5. The Morgan fingerprint density at radius 3 is 2.61 bits per heavy atom. The van der Waals surface area contributed by atoms with Gasteiger partial charge in [-0.1, -0.05) is 19.4 Å². The number of tetrazole rings is 1. The molecule has 3 heterocycles. The van der Waals surface area contributed by atoms with Crippen LogP contribution in [-0.2, 0) is 5.54 Å². The molecule has 0 aromatic carbocycles. The van der Waals surface area contributed by atoms with E-state index in [0.717, 1.165) is 31.0 Å².